The van der Waals surface area contributed by atoms with Crippen LogP contribution in [0.1, 0.15) is 12.5 Å². The summed E-state index contributed by atoms with van der Waals surface area (Å²) < 4.78 is 0. The van der Waals surface area contributed by atoms with Crippen LogP contribution in [0, 0.1) is 0 Å². The van der Waals surface area contributed by atoms with Gasteiger partial charge in [0.2, 0.25) is 0 Å². The normalized spacial score (nSPS) is 12.5. The Bertz CT molecular complexity index is 500. The van der Waals surface area contributed by atoms with Crippen molar-refractivity contribution >= 4 is 10.9 Å². The molecular formula is C15H18N2. The van der Waals surface area contributed by atoms with Gasteiger partial charge in [0.05, 0.1) is 5.52 Å². The highest BCUT2D eigenvalue weighted by Gasteiger charge is 2.01. The Morgan fingerprint density at radius 1 is 1.35 bits per heavy atom. The van der Waals surface area contributed by atoms with E-state index < -0.39 is 0 Å². The number of aromatic nitrogens is 1. The Morgan fingerprint density at radius 2 is 2.18 bits per heavy atom. The van der Waals surface area contributed by atoms with Gasteiger partial charge in [0.15, 0.2) is 0 Å². The number of para-hydroxylation sites is 1. The van der Waals surface area contributed by atoms with Gasteiger partial charge in [0.1, 0.15) is 0 Å². The highest BCUT2D eigenvalue weighted by Crippen LogP contribution is 2.15. The van der Waals surface area contributed by atoms with Crippen LogP contribution in [0.2, 0.25) is 0 Å². The molecule has 2 nitrogen and oxygen atoms in total. The Balaban J connectivity index is 2.10. The summed E-state index contributed by atoms with van der Waals surface area (Å²) in [5.41, 5.74) is 2.41. The minimum absolute atomic E-state index is 0.359. The van der Waals surface area contributed by atoms with E-state index in [2.05, 4.69) is 48.1 Å². The molecular weight excluding hydrogens is 208 g/mol. The molecule has 0 aliphatic carbocycles. The van der Waals surface area contributed by atoms with E-state index in [4.69, 9.17) is 0 Å². The van der Waals surface area contributed by atoms with Gasteiger partial charge >= 0.3 is 0 Å². The zero-order valence-electron chi connectivity index (χ0n) is 10.2. The fraction of sp³-hybridized carbons (Fsp3) is 0.267. The van der Waals surface area contributed by atoms with E-state index in [9.17, 15) is 0 Å². The summed E-state index contributed by atoms with van der Waals surface area (Å²) in [6.45, 7) is 6.81. The number of rotatable bonds is 5. The van der Waals surface area contributed by atoms with E-state index in [0.29, 0.717) is 6.04 Å². The molecule has 1 aromatic carbocycles. The molecule has 1 aromatic heterocycles. The molecule has 0 aliphatic rings. The second-order valence-electron chi connectivity index (χ2n) is 4.22. The first kappa shape index (κ1) is 11.8. The van der Waals surface area contributed by atoms with Crippen molar-refractivity contribution in [3.05, 3.63) is 54.7 Å². The highest BCUT2D eigenvalue weighted by molar-refractivity contribution is 5.81. The minimum atomic E-state index is 0.359. The third-order valence-electron chi connectivity index (χ3n) is 2.93. The van der Waals surface area contributed by atoms with Gasteiger partial charge in [0.25, 0.3) is 0 Å². The molecule has 0 saturated carbocycles. The maximum atomic E-state index is 4.45. The molecule has 88 valence electrons. The molecule has 0 aliphatic heterocycles. The first-order chi connectivity index (χ1) is 8.31. The molecule has 0 amide bonds. The second kappa shape index (κ2) is 5.60. The summed E-state index contributed by atoms with van der Waals surface area (Å²) in [4.78, 5) is 4.45. The van der Waals surface area contributed by atoms with Gasteiger partial charge in [-0.15, -0.1) is 6.58 Å². The van der Waals surface area contributed by atoms with Crippen molar-refractivity contribution in [2.45, 2.75) is 19.4 Å². The Kier molecular flexibility index (Phi) is 3.89. The molecule has 1 heterocycles. The highest BCUT2D eigenvalue weighted by atomic mass is 14.9. The number of nitrogens with one attached hydrogen (secondary N) is 1. The quantitative estimate of drug-likeness (QED) is 0.793. The summed E-state index contributed by atoms with van der Waals surface area (Å²) in [5, 5.41) is 4.61. The molecule has 0 radical (unpaired) electrons. The van der Waals surface area contributed by atoms with E-state index in [-0.39, 0.29) is 0 Å². The summed E-state index contributed by atoms with van der Waals surface area (Å²) in [6, 6.07) is 10.8. The average molecular weight is 226 g/mol. The van der Waals surface area contributed by atoms with Crippen molar-refractivity contribution in [2.24, 2.45) is 0 Å². The largest absolute Gasteiger partial charge is 0.310 e. The molecule has 0 spiro atoms. The molecule has 0 bridgehead atoms. The Morgan fingerprint density at radius 3 is 3.00 bits per heavy atom. The maximum absolute atomic E-state index is 4.45. The van der Waals surface area contributed by atoms with Crippen LogP contribution in [0.3, 0.4) is 0 Å². The summed E-state index contributed by atoms with van der Waals surface area (Å²) in [6.07, 6.45) is 4.76. The van der Waals surface area contributed by atoms with Crippen molar-refractivity contribution in [1.82, 2.24) is 10.3 Å². The van der Waals surface area contributed by atoms with Gasteiger partial charge in [-0.05, 0) is 31.5 Å². The summed E-state index contributed by atoms with van der Waals surface area (Å²) in [7, 11) is 0. The molecule has 2 aromatic rings. The van der Waals surface area contributed by atoms with Crippen molar-refractivity contribution in [3.63, 3.8) is 0 Å². The van der Waals surface area contributed by atoms with Crippen LogP contribution in [0.4, 0.5) is 0 Å². The number of fused-ring (bicyclic) bond motifs is 1. The first-order valence-corrected chi connectivity index (χ1v) is 6.00. The fourth-order valence-corrected chi connectivity index (χ4v) is 1.89. The van der Waals surface area contributed by atoms with Gasteiger partial charge in [0, 0.05) is 17.6 Å². The predicted molar refractivity (Wildman–Crippen MR) is 73.1 cm³/mol. The molecule has 2 rings (SSSR count). The lowest BCUT2D eigenvalue weighted by atomic mass is 10.1. The number of pyridine rings is 1. The lowest BCUT2D eigenvalue weighted by molar-refractivity contribution is 0.634. The van der Waals surface area contributed by atoms with E-state index in [1.54, 1.807) is 0 Å². The van der Waals surface area contributed by atoms with Gasteiger partial charge in [-0.25, -0.2) is 0 Å². The van der Waals surface area contributed by atoms with Crippen LogP contribution in [-0.2, 0) is 6.42 Å². The topological polar surface area (TPSA) is 24.9 Å². The van der Waals surface area contributed by atoms with Crippen LogP contribution in [0.25, 0.3) is 10.9 Å². The predicted octanol–water partition coefficient (Wildman–Crippen LogP) is 2.94. The van der Waals surface area contributed by atoms with Crippen molar-refractivity contribution in [3.8, 4) is 0 Å². The minimum Gasteiger partial charge on any atom is -0.310 e. The van der Waals surface area contributed by atoms with Gasteiger partial charge < -0.3 is 5.32 Å². The number of nitrogens with zero attached hydrogens (tertiary/aromatic N) is 1. The monoisotopic (exact) mass is 226 g/mol. The Hall–Kier alpha value is -1.67. The van der Waals surface area contributed by atoms with Crippen molar-refractivity contribution < 1.29 is 0 Å². The average Bonchev–Trinajstić information content (AvgIpc) is 2.39. The third kappa shape index (κ3) is 2.92. The molecule has 2 heteroatoms. The standard InChI is InChI=1S/C15H18N2/c1-3-12(2)16-11-9-14-7-4-6-13-8-5-10-17-15(13)14/h3-8,10,12,16H,1,9,11H2,2H3. The van der Waals surface area contributed by atoms with Crippen molar-refractivity contribution in [2.75, 3.05) is 6.54 Å². The van der Waals surface area contributed by atoms with Crippen LogP contribution >= 0.6 is 0 Å². The lowest BCUT2D eigenvalue weighted by Gasteiger charge is -2.10. The van der Waals surface area contributed by atoms with Crippen LogP contribution in [-0.4, -0.2) is 17.6 Å². The van der Waals surface area contributed by atoms with Crippen molar-refractivity contribution in [1.29, 1.82) is 0 Å². The fourth-order valence-electron chi connectivity index (χ4n) is 1.89. The third-order valence-corrected chi connectivity index (χ3v) is 2.93. The van der Waals surface area contributed by atoms with Crippen LogP contribution < -0.4 is 5.32 Å². The molecule has 0 saturated heterocycles. The molecule has 1 atom stereocenters. The number of hydrogen-bond donors (Lipinski definition) is 1. The number of benzene rings is 1. The Labute approximate surface area is 102 Å². The van der Waals surface area contributed by atoms with Gasteiger partial charge in [-0.2, -0.15) is 0 Å². The van der Waals surface area contributed by atoms with E-state index >= 15 is 0 Å². The molecule has 17 heavy (non-hydrogen) atoms. The zero-order chi connectivity index (χ0) is 12.1. The van der Waals surface area contributed by atoms with Crippen LogP contribution in [0.15, 0.2) is 49.2 Å². The molecule has 1 N–H and O–H groups in total. The number of hydrogen-bond acceptors (Lipinski definition) is 2. The zero-order valence-corrected chi connectivity index (χ0v) is 10.2. The van der Waals surface area contributed by atoms with Gasteiger partial charge in [-0.1, -0.05) is 30.3 Å². The smallest absolute Gasteiger partial charge is 0.0734 e. The SMILES string of the molecule is C=CC(C)NCCc1cccc2cccnc12. The first-order valence-electron chi connectivity index (χ1n) is 6.00. The van der Waals surface area contributed by atoms with E-state index in [1.807, 2.05) is 18.3 Å². The second-order valence-corrected chi connectivity index (χ2v) is 4.22. The summed E-state index contributed by atoms with van der Waals surface area (Å²) >= 11 is 0. The lowest BCUT2D eigenvalue weighted by Crippen LogP contribution is -2.25. The molecule has 1 unspecified atom stereocenters. The maximum Gasteiger partial charge on any atom is 0.0734 e. The summed E-state index contributed by atoms with van der Waals surface area (Å²) in [5.74, 6) is 0. The van der Waals surface area contributed by atoms with E-state index in [0.717, 1.165) is 18.5 Å². The van der Waals surface area contributed by atoms with E-state index in [1.165, 1.54) is 10.9 Å². The van der Waals surface area contributed by atoms with Crippen LogP contribution in [0.5, 0.6) is 0 Å². The molecule has 0 fully saturated rings. The van der Waals surface area contributed by atoms with Gasteiger partial charge in [-0.3, -0.25) is 4.98 Å².